The maximum Gasteiger partial charge on any atom is 0.336 e. The third-order valence-corrected chi connectivity index (χ3v) is 2.31. The Hall–Kier alpha value is -2.45. The second-order valence-electron chi connectivity index (χ2n) is 4.17. The fraction of sp³-hybridized carbons (Fsp3) is 0.615. The summed E-state index contributed by atoms with van der Waals surface area (Å²) in [5, 5.41) is 4.19. The molecule has 2 amide bonds. The predicted molar refractivity (Wildman–Crippen MR) is 73.5 cm³/mol. The normalized spacial score (nSPS) is 12.5. The largest absolute Gasteiger partial charge is 0.464 e. The van der Waals surface area contributed by atoms with Crippen LogP contribution in [0.3, 0.4) is 0 Å². The molecule has 0 saturated heterocycles. The van der Waals surface area contributed by atoms with Crippen molar-refractivity contribution in [3.63, 3.8) is 0 Å². The topological polar surface area (TPSA) is 128 Å². The van der Waals surface area contributed by atoms with Crippen molar-refractivity contribution in [3.05, 3.63) is 0 Å². The first-order valence-electron chi connectivity index (χ1n) is 6.65. The Balaban J connectivity index is 5.39. The number of carbonyl (C=O) groups excluding carboxylic acids is 5. The highest BCUT2D eigenvalue weighted by molar-refractivity contribution is 6.16. The number of Topliss-reactive ketones (excluding diaryl/α,β-unsaturated/α-hetero) is 1. The van der Waals surface area contributed by atoms with Crippen LogP contribution >= 0.6 is 0 Å². The minimum atomic E-state index is -1.71. The molecule has 124 valence electrons. The van der Waals surface area contributed by atoms with Gasteiger partial charge in [-0.1, -0.05) is 0 Å². The van der Waals surface area contributed by atoms with Gasteiger partial charge in [0.25, 0.3) is 0 Å². The Bertz CT molecular complexity index is 421. The van der Waals surface area contributed by atoms with Crippen molar-refractivity contribution >= 4 is 29.5 Å². The lowest BCUT2D eigenvalue weighted by atomic mass is 10.0. The van der Waals surface area contributed by atoms with Crippen LogP contribution in [0.1, 0.15) is 27.7 Å². The Labute approximate surface area is 127 Å². The number of carbonyl (C=O) groups is 5. The standard InChI is InChI=1S/C13H20N2O7/c1-5-21-12(19)9(14-7(3)16)11(18)10(15-8(4)17)13(20)22-6-2/h9-10H,5-6H2,1-4H3,(H,14,16)(H,15,17). The van der Waals surface area contributed by atoms with E-state index in [1.54, 1.807) is 0 Å². The highest BCUT2D eigenvalue weighted by Gasteiger charge is 2.39. The Morgan fingerprint density at radius 1 is 0.773 bits per heavy atom. The summed E-state index contributed by atoms with van der Waals surface area (Å²) in [5.41, 5.74) is 0. The molecule has 22 heavy (non-hydrogen) atoms. The molecule has 9 heteroatoms. The smallest absolute Gasteiger partial charge is 0.336 e. The first kappa shape index (κ1) is 19.6. The summed E-state index contributed by atoms with van der Waals surface area (Å²) >= 11 is 0. The lowest BCUT2D eigenvalue weighted by molar-refractivity contribution is -0.155. The van der Waals surface area contributed by atoms with Gasteiger partial charge in [-0.05, 0) is 13.8 Å². The van der Waals surface area contributed by atoms with Crippen LogP contribution in [-0.2, 0) is 33.4 Å². The molecule has 0 rings (SSSR count). The molecule has 0 saturated carbocycles. The lowest BCUT2D eigenvalue weighted by Crippen LogP contribution is -2.57. The third kappa shape index (κ3) is 6.33. The number of ketones is 1. The summed E-state index contributed by atoms with van der Waals surface area (Å²) in [6.45, 7) is 5.18. The summed E-state index contributed by atoms with van der Waals surface area (Å²) in [5.74, 6) is -4.43. The molecule has 0 fully saturated rings. The molecular weight excluding hydrogens is 296 g/mol. The van der Waals surface area contributed by atoms with E-state index in [0.29, 0.717) is 0 Å². The first-order valence-corrected chi connectivity index (χ1v) is 6.65. The summed E-state index contributed by atoms with van der Waals surface area (Å²) in [6.07, 6.45) is 0. The van der Waals surface area contributed by atoms with Gasteiger partial charge < -0.3 is 20.1 Å². The lowest BCUT2D eigenvalue weighted by Gasteiger charge is -2.21. The van der Waals surface area contributed by atoms with Crippen molar-refractivity contribution < 1.29 is 33.4 Å². The van der Waals surface area contributed by atoms with Crippen molar-refractivity contribution in [2.45, 2.75) is 39.8 Å². The van der Waals surface area contributed by atoms with Gasteiger partial charge in [0.15, 0.2) is 17.9 Å². The Kier molecular flexibility index (Phi) is 8.42. The zero-order valence-corrected chi connectivity index (χ0v) is 12.9. The minimum Gasteiger partial charge on any atom is -0.464 e. The maximum atomic E-state index is 12.3. The van der Waals surface area contributed by atoms with Crippen LogP contribution < -0.4 is 10.6 Å². The molecule has 0 spiro atoms. The van der Waals surface area contributed by atoms with Crippen molar-refractivity contribution in [1.29, 1.82) is 0 Å². The quantitative estimate of drug-likeness (QED) is 0.420. The van der Waals surface area contributed by atoms with Gasteiger partial charge in [0.1, 0.15) is 0 Å². The SMILES string of the molecule is CCOC(=O)C(NC(C)=O)C(=O)C(NC(C)=O)C(=O)OCC. The van der Waals surface area contributed by atoms with E-state index >= 15 is 0 Å². The highest BCUT2D eigenvalue weighted by atomic mass is 16.5. The molecule has 0 aromatic rings. The number of rotatable bonds is 8. The molecular formula is C13H20N2O7. The second-order valence-corrected chi connectivity index (χ2v) is 4.17. The van der Waals surface area contributed by atoms with Crippen LogP contribution in [0.2, 0.25) is 0 Å². The summed E-state index contributed by atoms with van der Waals surface area (Å²) in [7, 11) is 0. The predicted octanol–water partition coefficient (Wildman–Crippen LogP) is -1.31. The Morgan fingerprint density at radius 3 is 1.32 bits per heavy atom. The van der Waals surface area contributed by atoms with Crippen molar-refractivity contribution in [2.24, 2.45) is 0 Å². The molecule has 2 unspecified atom stereocenters. The van der Waals surface area contributed by atoms with E-state index in [1.165, 1.54) is 13.8 Å². The molecule has 9 nitrogen and oxygen atoms in total. The monoisotopic (exact) mass is 316 g/mol. The van der Waals surface area contributed by atoms with Crippen LogP contribution in [-0.4, -0.2) is 54.8 Å². The number of hydrogen-bond acceptors (Lipinski definition) is 7. The molecule has 0 aromatic carbocycles. The van der Waals surface area contributed by atoms with Gasteiger partial charge in [0.05, 0.1) is 13.2 Å². The fourth-order valence-electron chi connectivity index (χ4n) is 1.52. The van der Waals surface area contributed by atoms with Gasteiger partial charge in [-0.25, -0.2) is 9.59 Å². The number of esters is 2. The van der Waals surface area contributed by atoms with Gasteiger partial charge >= 0.3 is 11.9 Å². The van der Waals surface area contributed by atoms with E-state index in [2.05, 4.69) is 20.1 Å². The van der Waals surface area contributed by atoms with Crippen LogP contribution in [0.5, 0.6) is 0 Å². The molecule has 2 atom stereocenters. The van der Waals surface area contributed by atoms with Gasteiger partial charge in [-0.2, -0.15) is 0 Å². The van der Waals surface area contributed by atoms with E-state index in [4.69, 9.17) is 0 Å². The maximum absolute atomic E-state index is 12.3. The average Bonchev–Trinajstić information content (AvgIpc) is 2.41. The molecule has 2 N–H and O–H groups in total. The van der Waals surface area contributed by atoms with Crippen LogP contribution in [0.25, 0.3) is 0 Å². The Morgan fingerprint density at radius 2 is 1.09 bits per heavy atom. The van der Waals surface area contributed by atoms with Crippen LogP contribution in [0.15, 0.2) is 0 Å². The van der Waals surface area contributed by atoms with Gasteiger partial charge in [0.2, 0.25) is 11.8 Å². The number of hydrogen-bond donors (Lipinski definition) is 2. The summed E-state index contributed by atoms with van der Waals surface area (Å²) in [6, 6.07) is -3.42. The van der Waals surface area contributed by atoms with Crippen LogP contribution in [0.4, 0.5) is 0 Å². The zero-order chi connectivity index (χ0) is 17.3. The van der Waals surface area contributed by atoms with Crippen LogP contribution in [0, 0.1) is 0 Å². The molecule has 0 aliphatic carbocycles. The van der Waals surface area contributed by atoms with Gasteiger partial charge in [-0.15, -0.1) is 0 Å². The van der Waals surface area contributed by atoms with E-state index in [-0.39, 0.29) is 13.2 Å². The molecule has 0 aliphatic rings. The summed E-state index contributed by atoms with van der Waals surface area (Å²) < 4.78 is 9.36. The van der Waals surface area contributed by atoms with E-state index in [9.17, 15) is 24.0 Å². The van der Waals surface area contributed by atoms with Gasteiger partial charge in [-0.3, -0.25) is 14.4 Å². The highest BCUT2D eigenvalue weighted by Crippen LogP contribution is 2.01. The molecule has 0 aromatic heterocycles. The number of amides is 2. The minimum absolute atomic E-state index is 0.0214. The summed E-state index contributed by atoms with van der Waals surface area (Å²) in [4.78, 5) is 58.1. The van der Waals surface area contributed by atoms with Crippen molar-refractivity contribution in [3.8, 4) is 0 Å². The average molecular weight is 316 g/mol. The second kappa shape index (κ2) is 9.48. The molecule has 0 heterocycles. The number of nitrogens with one attached hydrogen (secondary N) is 2. The molecule has 0 bridgehead atoms. The number of ether oxygens (including phenoxy) is 2. The zero-order valence-electron chi connectivity index (χ0n) is 12.9. The molecule has 0 radical (unpaired) electrons. The van der Waals surface area contributed by atoms with E-state index < -0.39 is 41.6 Å². The van der Waals surface area contributed by atoms with Crippen molar-refractivity contribution in [2.75, 3.05) is 13.2 Å². The third-order valence-electron chi connectivity index (χ3n) is 2.31. The molecule has 0 aliphatic heterocycles. The van der Waals surface area contributed by atoms with E-state index in [1.807, 2.05) is 0 Å². The fourth-order valence-corrected chi connectivity index (χ4v) is 1.52. The van der Waals surface area contributed by atoms with E-state index in [0.717, 1.165) is 13.8 Å². The van der Waals surface area contributed by atoms with Gasteiger partial charge in [0, 0.05) is 13.8 Å². The first-order chi connectivity index (χ1) is 10.2. The van der Waals surface area contributed by atoms with Crippen molar-refractivity contribution in [1.82, 2.24) is 10.6 Å².